The molecule has 1 aliphatic rings. The number of aryl methyl sites for hydroxylation is 2. The Hall–Kier alpha value is -2.93. The van der Waals surface area contributed by atoms with Crippen molar-refractivity contribution in [3.05, 3.63) is 63.8 Å². The molecule has 2 aromatic heterocycles. The molecule has 0 fully saturated rings. The molecule has 1 atom stereocenters. The van der Waals surface area contributed by atoms with Crippen molar-refractivity contribution in [2.24, 2.45) is 11.3 Å². The molecule has 0 radical (unpaired) electrons. The van der Waals surface area contributed by atoms with E-state index in [4.69, 9.17) is 0 Å². The largest absolute Gasteiger partial charge is 0.322 e. The van der Waals surface area contributed by atoms with Crippen LogP contribution in [0.1, 0.15) is 77.9 Å². The van der Waals surface area contributed by atoms with Gasteiger partial charge in [-0.2, -0.15) is 5.10 Å². The van der Waals surface area contributed by atoms with Gasteiger partial charge in [-0.15, -0.1) is 11.3 Å². The molecular weight excluding hydrogens is 444 g/mol. The van der Waals surface area contributed by atoms with Crippen LogP contribution in [0.2, 0.25) is 0 Å². The van der Waals surface area contributed by atoms with Crippen molar-refractivity contribution < 1.29 is 9.59 Å². The van der Waals surface area contributed by atoms with Crippen LogP contribution in [0, 0.1) is 11.3 Å². The second kappa shape index (κ2) is 9.74. The molecule has 0 aliphatic heterocycles. The Balaban J connectivity index is 1.65. The zero-order chi connectivity index (χ0) is 24.5. The zero-order valence-electron chi connectivity index (χ0n) is 20.7. The number of carbonyl (C=O) groups excluding carboxylic acids is 2. The number of carbonyl (C=O) groups is 2. The third kappa shape index (κ3) is 5.09. The zero-order valence-corrected chi connectivity index (χ0v) is 21.5. The molecule has 180 valence electrons. The summed E-state index contributed by atoms with van der Waals surface area (Å²) in [5, 5.41) is 11.0. The lowest BCUT2D eigenvalue weighted by Gasteiger charge is -2.33. The van der Waals surface area contributed by atoms with E-state index in [0.29, 0.717) is 28.7 Å². The van der Waals surface area contributed by atoms with Gasteiger partial charge in [-0.1, -0.05) is 39.8 Å². The number of anilines is 2. The van der Waals surface area contributed by atoms with Gasteiger partial charge >= 0.3 is 0 Å². The first-order valence-corrected chi connectivity index (χ1v) is 12.9. The van der Waals surface area contributed by atoms with Crippen molar-refractivity contribution in [2.75, 3.05) is 10.6 Å². The number of fused-ring (bicyclic) bond motifs is 1. The Morgan fingerprint density at radius 3 is 2.44 bits per heavy atom. The highest BCUT2D eigenvalue weighted by molar-refractivity contribution is 7.17. The van der Waals surface area contributed by atoms with E-state index in [2.05, 4.69) is 43.4 Å². The molecule has 0 bridgehead atoms. The van der Waals surface area contributed by atoms with Crippen LogP contribution in [0.5, 0.6) is 0 Å². The van der Waals surface area contributed by atoms with Gasteiger partial charge in [-0.25, -0.2) is 0 Å². The fourth-order valence-corrected chi connectivity index (χ4v) is 5.82. The number of nitrogens with one attached hydrogen (secondary N) is 2. The Morgan fingerprint density at radius 2 is 1.82 bits per heavy atom. The van der Waals surface area contributed by atoms with Gasteiger partial charge in [0, 0.05) is 23.3 Å². The molecule has 0 unspecified atom stereocenters. The maximum Gasteiger partial charge on any atom is 0.276 e. The first-order valence-electron chi connectivity index (χ1n) is 12.1. The van der Waals surface area contributed by atoms with Crippen molar-refractivity contribution in [1.29, 1.82) is 0 Å². The van der Waals surface area contributed by atoms with Gasteiger partial charge in [-0.3, -0.25) is 14.3 Å². The number of amides is 2. The molecule has 6 nitrogen and oxygen atoms in total. The summed E-state index contributed by atoms with van der Waals surface area (Å²) in [6.45, 7) is 11.6. The Kier molecular flexibility index (Phi) is 6.94. The Bertz CT molecular complexity index is 1180. The van der Waals surface area contributed by atoms with Crippen molar-refractivity contribution in [3.63, 3.8) is 0 Å². The number of rotatable bonds is 6. The van der Waals surface area contributed by atoms with Crippen molar-refractivity contribution in [3.8, 4) is 0 Å². The minimum atomic E-state index is -0.292. The van der Waals surface area contributed by atoms with Crippen molar-refractivity contribution in [1.82, 2.24) is 9.78 Å². The number of benzene rings is 1. The van der Waals surface area contributed by atoms with Crippen LogP contribution >= 0.6 is 11.3 Å². The van der Waals surface area contributed by atoms with E-state index in [0.717, 1.165) is 36.9 Å². The molecule has 0 saturated heterocycles. The molecule has 7 heteroatoms. The van der Waals surface area contributed by atoms with E-state index >= 15 is 0 Å². The molecule has 3 aromatic rings. The molecule has 0 spiro atoms. The highest BCUT2D eigenvalue weighted by Gasteiger charge is 2.34. The lowest BCUT2D eigenvalue weighted by molar-refractivity contribution is 0.102. The lowest BCUT2D eigenvalue weighted by Crippen LogP contribution is -2.27. The van der Waals surface area contributed by atoms with Crippen LogP contribution in [0.15, 0.2) is 36.5 Å². The minimum absolute atomic E-state index is 0.176. The molecule has 2 heterocycles. The van der Waals surface area contributed by atoms with E-state index in [1.54, 1.807) is 16.9 Å². The van der Waals surface area contributed by atoms with Gasteiger partial charge in [-0.05, 0) is 73.3 Å². The molecule has 1 aliphatic carbocycles. The third-order valence-corrected chi connectivity index (χ3v) is 7.93. The first kappa shape index (κ1) is 24.2. The number of hydrogen-bond donors (Lipinski definition) is 2. The number of thiophene rings is 1. The second-order valence-corrected chi connectivity index (χ2v) is 11.1. The van der Waals surface area contributed by atoms with Gasteiger partial charge in [0.1, 0.15) is 5.00 Å². The Morgan fingerprint density at radius 1 is 1.09 bits per heavy atom. The van der Waals surface area contributed by atoms with E-state index < -0.39 is 0 Å². The van der Waals surface area contributed by atoms with Gasteiger partial charge in [0.2, 0.25) is 0 Å². The molecule has 1 aromatic carbocycles. The average molecular weight is 479 g/mol. The summed E-state index contributed by atoms with van der Waals surface area (Å²) in [7, 11) is 0. The minimum Gasteiger partial charge on any atom is -0.322 e. The van der Waals surface area contributed by atoms with Gasteiger partial charge in [0.25, 0.3) is 11.8 Å². The highest BCUT2D eigenvalue weighted by Crippen LogP contribution is 2.44. The monoisotopic (exact) mass is 478 g/mol. The summed E-state index contributed by atoms with van der Waals surface area (Å²) in [6, 6.07) is 9.62. The maximum atomic E-state index is 13.5. The number of nitrogens with zero attached hydrogens (tertiary/aromatic N) is 2. The number of aromatic nitrogens is 2. The summed E-state index contributed by atoms with van der Waals surface area (Å²) in [4.78, 5) is 27.7. The van der Waals surface area contributed by atoms with Gasteiger partial charge in [0.05, 0.1) is 5.56 Å². The lowest BCUT2D eigenvalue weighted by atomic mass is 9.72. The van der Waals surface area contributed by atoms with Crippen LogP contribution in [0.4, 0.5) is 10.7 Å². The quantitative estimate of drug-likeness (QED) is 0.444. The standard InChI is InChI=1S/C27H34N4O2S/c1-6-17-8-11-19(12-9-17)28-25(33)23-20-13-10-18(27(3,4)5)16-22(20)34-26(23)29-24(32)21-14-15-31(7-2)30-21/h8-9,11-12,14-15,18H,6-7,10,13,16H2,1-5H3,(H,28,33)(H,29,32)/t18-/m1/s1. The smallest absolute Gasteiger partial charge is 0.276 e. The van der Waals surface area contributed by atoms with E-state index in [-0.39, 0.29) is 17.2 Å². The van der Waals surface area contributed by atoms with Crippen LogP contribution < -0.4 is 10.6 Å². The van der Waals surface area contributed by atoms with Crippen LogP contribution in [-0.2, 0) is 25.8 Å². The first-order chi connectivity index (χ1) is 16.2. The topological polar surface area (TPSA) is 76.0 Å². The highest BCUT2D eigenvalue weighted by atomic mass is 32.1. The predicted octanol–water partition coefficient (Wildman–Crippen LogP) is 6.18. The van der Waals surface area contributed by atoms with Crippen LogP contribution in [-0.4, -0.2) is 21.6 Å². The fraction of sp³-hybridized carbons (Fsp3) is 0.444. The van der Waals surface area contributed by atoms with Gasteiger partial charge in [0.15, 0.2) is 5.69 Å². The normalized spacial score (nSPS) is 15.6. The molecule has 0 saturated carbocycles. The van der Waals surface area contributed by atoms with Crippen molar-refractivity contribution >= 4 is 33.8 Å². The summed E-state index contributed by atoms with van der Waals surface area (Å²) >= 11 is 1.53. The Labute approximate surface area is 205 Å². The SMILES string of the molecule is CCc1ccc(NC(=O)c2c(NC(=O)c3ccn(CC)n3)sc3c2CC[C@@H](C(C)(C)C)C3)cc1. The summed E-state index contributed by atoms with van der Waals surface area (Å²) < 4.78 is 1.72. The van der Waals surface area contributed by atoms with Gasteiger partial charge < -0.3 is 10.6 Å². The second-order valence-electron chi connectivity index (χ2n) is 10.0. The van der Waals surface area contributed by atoms with E-state index in [1.807, 2.05) is 31.2 Å². The molecular formula is C27H34N4O2S. The fourth-order valence-electron chi connectivity index (χ4n) is 4.50. The molecule has 2 N–H and O–H groups in total. The predicted molar refractivity (Wildman–Crippen MR) is 139 cm³/mol. The van der Waals surface area contributed by atoms with E-state index in [1.165, 1.54) is 21.8 Å². The third-order valence-electron chi connectivity index (χ3n) is 6.76. The number of hydrogen-bond acceptors (Lipinski definition) is 4. The molecule has 4 rings (SSSR count). The summed E-state index contributed by atoms with van der Waals surface area (Å²) in [6.07, 6.45) is 5.54. The van der Waals surface area contributed by atoms with Crippen LogP contribution in [0.25, 0.3) is 0 Å². The van der Waals surface area contributed by atoms with E-state index in [9.17, 15) is 9.59 Å². The van der Waals surface area contributed by atoms with Crippen LogP contribution in [0.3, 0.4) is 0 Å². The maximum absolute atomic E-state index is 13.5. The summed E-state index contributed by atoms with van der Waals surface area (Å²) in [5.41, 5.74) is 4.18. The summed E-state index contributed by atoms with van der Waals surface area (Å²) in [5.74, 6) is 0.0739. The average Bonchev–Trinajstić information content (AvgIpc) is 3.43. The molecule has 2 amide bonds. The van der Waals surface area contributed by atoms with Crippen molar-refractivity contribution in [2.45, 2.75) is 66.8 Å². The molecule has 34 heavy (non-hydrogen) atoms.